The second-order valence-electron chi connectivity index (χ2n) is 6.23. The van der Waals surface area contributed by atoms with Crippen molar-refractivity contribution in [1.29, 1.82) is 0 Å². The van der Waals surface area contributed by atoms with E-state index < -0.39 is 5.54 Å². The zero-order chi connectivity index (χ0) is 16.1. The minimum Gasteiger partial charge on any atom is -0.497 e. The number of methoxy groups -OCH3 is 1. The summed E-state index contributed by atoms with van der Waals surface area (Å²) >= 11 is 0. The first kappa shape index (κ1) is 15.6. The van der Waals surface area contributed by atoms with E-state index >= 15 is 0 Å². The van der Waals surface area contributed by atoms with Gasteiger partial charge in [0.05, 0.1) is 7.11 Å². The Morgan fingerprint density at radius 3 is 2.43 bits per heavy atom. The van der Waals surface area contributed by atoms with Gasteiger partial charge >= 0.3 is 0 Å². The minimum atomic E-state index is -0.492. The van der Waals surface area contributed by atoms with Gasteiger partial charge in [0.2, 0.25) is 0 Å². The van der Waals surface area contributed by atoms with Gasteiger partial charge in [0.25, 0.3) is 0 Å². The SMILES string of the molecule is COc1ccc(CC2(Nc3ccccc3)CCCCC2=O)cc1. The molecule has 1 saturated carbocycles. The van der Waals surface area contributed by atoms with Crippen LogP contribution in [0.5, 0.6) is 5.75 Å². The third-order valence-electron chi connectivity index (χ3n) is 4.61. The predicted molar refractivity (Wildman–Crippen MR) is 93.0 cm³/mol. The van der Waals surface area contributed by atoms with E-state index in [0.29, 0.717) is 18.6 Å². The smallest absolute Gasteiger partial charge is 0.158 e. The van der Waals surface area contributed by atoms with Gasteiger partial charge in [-0.3, -0.25) is 4.79 Å². The van der Waals surface area contributed by atoms with Crippen LogP contribution >= 0.6 is 0 Å². The first-order valence-corrected chi connectivity index (χ1v) is 8.21. The number of Topliss-reactive ketones (excluding diaryl/α,β-unsaturated/α-hetero) is 1. The Bertz CT molecular complexity index is 651. The third kappa shape index (κ3) is 3.55. The maximum Gasteiger partial charge on any atom is 0.158 e. The van der Waals surface area contributed by atoms with E-state index in [-0.39, 0.29) is 0 Å². The van der Waals surface area contributed by atoms with Gasteiger partial charge in [-0.25, -0.2) is 0 Å². The lowest BCUT2D eigenvalue weighted by atomic mass is 9.76. The largest absolute Gasteiger partial charge is 0.497 e. The van der Waals surface area contributed by atoms with E-state index in [4.69, 9.17) is 4.74 Å². The van der Waals surface area contributed by atoms with E-state index in [0.717, 1.165) is 36.3 Å². The summed E-state index contributed by atoms with van der Waals surface area (Å²) in [5.74, 6) is 1.16. The number of ether oxygens (including phenoxy) is 1. The fourth-order valence-electron chi connectivity index (χ4n) is 3.34. The number of nitrogens with one attached hydrogen (secondary N) is 1. The van der Waals surface area contributed by atoms with Gasteiger partial charge in [-0.1, -0.05) is 36.8 Å². The summed E-state index contributed by atoms with van der Waals surface area (Å²) in [5, 5.41) is 3.54. The lowest BCUT2D eigenvalue weighted by Crippen LogP contribution is -2.50. The van der Waals surface area contributed by atoms with Crippen LogP contribution in [-0.2, 0) is 11.2 Å². The van der Waals surface area contributed by atoms with Crippen LogP contribution in [0.3, 0.4) is 0 Å². The number of benzene rings is 2. The van der Waals surface area contributed by atoms with Gasteiger partial charge in [-0.05, 0) is 42.7 Å². The predicted octanol–water partition coefficient (Wildman–Crippen LogP) is 4.23. The molecule has 1 unspecified atom stereocenters. The molecule has 3 nitrogen and oxygen atoms in total. The van der Waals surface area contributed by atoms with Crippen molar-refractivity contribution in [3.8, 4) is 5.75 Å². The molecule has 2 aromatic carbocycles. The second-order valence-corrected chi connectivity index (χ2v) is 6.23. The summed E-state index contributed by atoms with van der Waals surface area (Å²) in [6.07, 6.45) is 4.34. The van der Waals surface area contributed by atoms with E-state index in [1.54, 1.807) is 7.11 Å². The lowest BCUT2D eigenvalue weighted by Gasteiger charge is -2.37. The van der Waals surface area contributed by atoms with Crippen LogP contribution in [0, 0.1) is 0 Å². The summed E-state index contributed by atoms with van der Waals surface area (Å²) in [6, 6.07) is 18.1. The molecule has 120 valence electrons. The maximum atomic E-state index is 12.8. The number of hydrogen-bond donors (Lipinski definition) is 1. The van der Waals surface area contributed by atoms with Gasteiger partial charge in [0.1, 0.15) is 11.3 Å². The van der Waals surface area contributed by atoms with Gasteiger partial charge < -0.3 is 10.1 Å². The third-order valence-corrected chi connectivity index (χ3v) is 4.61. The zero-order valence-electron chi connectivity index (χ0n) is 13.5. The molecule has 1 atom stereocenters. The monoisotopic (exact) mass is 309 g/mol. The number of hydrogen-bond acceptors (Lipinski definition) is 3. The van der Waals surface area contributed by atoms with E-state index in [1.165, 1.54) is 0 Å². The molecule has 1 fully saturated rings. The Morgan fingerprint density at radius 1 is 1.04 bits per heavy atom. The quantitative estimate of drug-likeness (QED) is 0.898. The van der Waals surface area contributed by atoms with Crippen LogP contribution in [-0.4, -0.2) is 18.4 Å². The molecular formula is C20H23NO2. The van der Waals surface area contributed by atoms with Crippen molar-refractivity contribution >= 4 is 11.5 Å². The van der Waals surface area contributed by atoms with Crippen molar-refractivity contribution < 1.29 is 9.53 Å². The molecule has 3 rings (SSSR count). The number of anilines is 1. The Balaban J connectivity index is 1.86. The van der Waals surface area contributed by atoms with E-state index in [9.17, 15) is 4.79 Å². The molecule has 0 amide bonds. The highest BCUT2D eigenvalue weighted by atomic mass is 16.5. The van der Waals surface area contributed by atoms with Crippen LogP contribution in [0.4, 0.5) is 5.69 Å². The van der Waals surface area contributed by atoms with E-state index in [2.05, 4.69) is 17.4 Å². The summed E-state index contributed by atoms with van der Waals surface area (Å²) in [7, 11) is 1.66. The first-order valence-electron chi connectivity index (χ1n) is 8.21. The first-order chi connectivity index (χ1) is 11.2. The molecule has 1 N–H and O–H groups in total. The number of carbonyl (C=O) groups excluding carboxylic acids is 1. The molecule has 1 aliphatic carbocycles. The fourth-order valence-corrected chi connectivity index (χ4v) is 3.34. The Labute approximate surface area is 137 Å². The van der Waals surface area contributed by atoms with Crippen molar-refractivity contribution in [2.45, 2.75) is 37.6 Å². The average Bonchev–Trinajstić information content (AvgIpc) is 2.59. The molecular weight excluding hydrogens is 286 g/mol. The van der Waals surface area contributed by atoms with Gasteiger partial charge in [-0.15, -0.1) is 0 Å². The van der Waals surface area contributed by atoms with E-state index in [1.807, 2.05) is 42.5 Å². The van der Waals surface area contributed by atoms with Crippen molar-refractivity contribution in [2.75, 3.05) is 12.4 Å². The van der Waals surface area contributed by atoms with Crippen molar-refractivity contribution in [3.63, 3.8) is 0 Å². The molecule has 23 heavy (non-hydrogen) atoms. The van der Waals surface area contributed by atoms with Crippen LogP contribution in [0.2, 0.25) is 0 Å². The highest BCUT2D eigenvalue weighted by Gasteiger charge is 2.39. The van der Waals surface area contributed by atoms with Crippen molar-refractivity contribution in [3.05, 3.63) is 60.2 Å². The number of ketones is 1. The van der Waals surface area contributed by atoms with Crippen LogP contribution in [0.15, 0.2) is 54.6 Å². The molecule has 1 aliphatic rings. The molecule has 0 aromatic heterocycles. The average molecular weight is 309 g/mol. The topological polar surface area (TPSA) is 38.3 Å². The van der Waals surface area contributed by atoms with Crippen LogP contribution in [0.1, 0.15) is 31.2 Å². The second kappa shape index (κ2) is 6.86. The van der Waals surface area contributed by atoms with Gasteiger partial charge in [0.15, 0.2) is 5.78 Å². The molecule has 3 heteroatoms. The summed E-state index contributed by atoms with van der Waals surface area (Å²) in [4.78, 5) is 12.8. The van der Waals surface area contributed by atoms with Crippen molar-refractivity contribution in [2.24, 2.45) is 0 Å². The number of rotatable bonds is 5. The highest BCUT2D eigenvalue weighted by molar-refractivity contribution is 5.92. The minimum absolute atomic E-state index is 0.323. The zero-order valence-corrected chi connectivity index (χ0v) is 13.5. The molecule has 0 radical (unpaired) electrons. The fraction of sp³-hybridized carbons (Fsp3) is 0.350. The molecule has 0 heterocycles. The standard InChI is InChI=1S/C20H23NO2/c1-23-18-12-10-16(11-13-18)15-20(14-6-5-9-19(20)22)21-17-7-3-2-4-8-17/h2-4,7-8,10-13,21H,5-6,9,14-15H2,1H3. The number of para-hydroxylation sites is 1. The summed E-state index contributed by atoms with van der Waals surface area (Å²) < 4.78 is 5.22. The van der Waals surface area contributed by atoms with Crippen molar-refractivity contribution in [1.82, 2.24) is 0 Å². The Kier molecular flexibility index (Phi) is 4.65. The number of carbonyl (C=O) groups is 1. The molecule has 2 aromatic rings. The Hall–Kier alpha value is -2.29. The van der Waals surface area contributed by atoms with Crippen LogP contribution in [0.25, 0.3) is 0 Å². The normalized spacial score (nSPS) is 21.0. The molecule has 0 spiro atoms. The van der Waals surface area contributed by atoms with Gasteiger partial charge in [-0.2, -0.15) is 0 Å². The Morgan fingerprint density at radius 2 is 1.78 bits per heavy atom. The summed E-state index contributed by atoms with van der Waals surface area (Å²) in [6.45, 7) is 0. The lowest BCUT2D eigenvalue weighted by molar-refractivity contribution is -0.125. The summed E-state index contributed by atoms with van der Waals surface area (Å²) in [5.41, 5.74) is 1.68. The maximum absolute atomic E-state index is 12.8. The highest BCUT2D eigenvalue weighted by Crippen LogP contribution is 2.32. The van der Waals surface area contributed by atoms with Gasteiger partial charge in [0, 0.05) is 18.5 Å². The van der Waals surface area contributed by atoms with Crippen LogP contribution < -0.4 is 10.1 Å². The molecule has 0 aliphatic heterocycles. The molecule has 0 bridgehead atoms. The molecule has 0 saturated heterocycles.